The molecule has 36 heavy (non-hydrogen) atoms. The molecule has 0 amide bonds. The third-order valence-electron chi connectivity index (χ3n) is 5.42. The molecule has 6 rings (SSSR count). The highest BCUT2D eigenvalue weighted by atomic mass is 16.5. The minimum absolute atomic E-state index is 0.118. The van der Waals surface area contributed by atoms with E-state index >= 15 is 0 Å². The van der Waals surface area contributed by atoms with Crippen LogP contribution in [0.25, 0.3) is 45.1 Å². The predicted molar refractivity (Wildman–Crippen MR) is 134 cm³/mol. The molecular formula is C28H20N2O6. The number of para-hydroxylation sites is 5. The number of phenols is 1. The molecule has 2 heterocycles. The van der Waals surface area contributed by atoms with Gasteiger partial charge in [0.05, 0.1) is 23.8 Å². The van der Waals surface area contributed by atoms with Crippen LogP contribution in [0.1, 0.15) is 10.4 Å². The normalized spacial score (nSPS) is 10.7. The summed E-state index contributed by atoms with van der Waals surface area (Å²) in [5.74, 6) is 0.547. The third-order valence-corrected chi connectivity index (χ3v) is 5.42. The van der Waals surface area contributed by atoms with Gasteiger partial charge in [-0.15, -0.1) is 0 Å². The standard InChI is InChI=1S/C15H11NO4.C13H9NO2/c1-19-11-7-3-2-5-9(11)14-16-13-10(15(17)18)6-4-8-12(13)20-14;15-11-7-3-1-5-9(11)13-14-10-6-2-4-8-12(10)16-13/h2-8H,1H3,(H,17,18);1-8,15H. The Hall–Kier alpha value is -5.11. The van der Waals surface area contributed by atoms with E-state index in [4.69, 9.17) is 18.7 Å². The Morgan fingerprint density at radius 3 is 2.14 bits per heavy atom. The highest BCUT2D eigenvalue weighted by Gasteiger charge is 2.17. The van der Waals surface area contributed by atoms with Crippen molar-refractivity contribution in [1.29, 1.82) is 0 Å². The molecule has 178 valence electrons. The number of nitrogens with zero attached hydrogens (tertiary/aromatic N) is 2. The molecule has 0 saturated heterocycles. The van der Waals surface area contributed by atoms with Crippen molar-refractivity contribution in [3.63, 3.8) is 0 Å². The van der Waals surface area contributed by atoms with Gasteiger partial charge in [0.15, 0.2) is 11.2 Å². The smallest absolute Gasteiger partial charge is 0.338 e. The largest absolute Gasteiger partial charge is 0.507 e. The highest BCUT2D eigenvalue weighted by Crippen LogP contribution is 2.32. The number of phenolic OH excluding ortho intramolecular Hbond substituents is 1. The van der Waals surface area contributed by atoms with Crippen LogP contribution in [-0.4, -0.2) is 33.3 Å². The number of carboxylic acids is 1. The fraction of sp³-hybridized carbons (Fsp3) is 0.0357. The maximum Gasteiger partial charge on any atom is 0.338 e. The maximum atomic E-state index is 11.2. The molecule has 0 aliphatic heterocycles. The summed E-state index contributed by atoms with van der Waals surface area (Å²) in [6.07, 6.45) is 0. The van der Waals surface area contributed by atoms with Crippen LogP contribution in [0.15, 0.2) is 99.8 Å². The van der Waals surface area contributed by atoms with Crippen LogP contribution in [0.2, 0.25) is 0 Å². The monoisotopic (exact) mass is 480 g/mol. The lowest BCUT2D eigenvalue weighted by Gasteiger charge is -2.03. The van der Waals surface area contributed by atoms with E-state index < -0.39 is 5.97 Å². The molecule has 0 spiro atoms. The second kappa shape index (κ2) is 9.63. The molecule has 0 saturated carbocycles. The topological polar surface area (TPSA) is 119 Å². The fourth-order valence-electron chi connectivity index (χ4n) is 3.70. The zero-order valence-corrected chi connectivity index (χ0v) is 19.1. The van der Waals surface area contributed by atoms with Gasteiger partial charge in [-0.05, 0) is 48.5 Å². The van der Waals surface area contributed by atoms with Crippen molar-refractivity contribution in [3.05, 3.63) is 96.6 Å². The van der Waals surface area contributed by atoms with Crippen molar-refractivity contribution < 1.29 is 28.6 Å². The highest BCUT2D eigenvalue weighted by molar-refractivity contribution is 6.00. The number of carbonyl (C=O) groups is 1. The number of benzene rings is 4. The first kappa shape index (κ1) is 22.7. The van der Waals surface area contributed by atoms with E-state index in [1.54, 1.807) is 43.5 Å². The lowest BCUT2D eigenvalue weighted by atomic mass is 10.2. The van der Waals surface area contributed by atoms with Gasteiger partial charge < -0.3 is 23.8 Å². The number of rotatable bonds is 4. The molecule has 8 nitrogen and oxygen atoms in total. The van der Waals surface area contributed by atoms with E-state index in [-0.39, 0.29) is 11.3 Å². The summed E-state index contributed by atoms with van der Waals surface area (Å²) >= 11 is 0. The number of hydrogen-bond acceptors (Lipinski definition) is 7. The number of aromatic nitrogens is 2. The molecule has 0 fully saturated rings. The third kappa shape index (κ3) is 4.35. The zero-order chi connectivity index (χ0) is 25.1. The summed E-state index contributed by atoms with van der Waals surface area (Å²) in [6.45, 7) is 0. The van der Waals surface area contributed by atoms with Gasteiger partial charge >= 0.3 is 5.97 Å². The van der Waals surface area contributed by atoms with Crippen molar-refractivity contribution >= 4 is 28.2 Å². The number of hydrogen-bond donors (Lipinski definition) is 2. The fourth-order valence-corrected chi connectivity index (χ4v) is 3.70. The van der Waals surface area contributed by atoms with Crippen molar-refractivity contribution in [3.8, 4) is 34.4 Å². The number of carboxylic acid groups (broad SMARTS) is 1. The number of ether oxygens (including phenoxy) is 1. The Morgan fingerprint density at radius 2 is 1.39 bits per heavy atom. The molecule has 2 N–H and O–H groups in total. The van der Waals surface area contributed by atoms with Crippen molar-refractivity contribution in [2.75, 3.05) is 7.11 Å². The van der Waals surface area contributed by atoms with Crippen molar-refractivity contribution in [2.24, 2.45) is 0 Å². The average molecular weight is 480 g/mol. The van der Waals surface area contributed by atoms with Crippen LogP contribution in [0.4, 0.5) is 0 Å². The molecule has 0 aliphatic carbocycles. The lowest BCUT2D eigenvalue weighted by molar-refractivity contribution is 0.0698. The number of methoxy groups -OCH3 is 1. The van der Waals surface area contributed by atoms with E-state index in [1.165, 1.54) is 6.07 Å². The summed E-state index contributed by atoms with van der Waals surface area (Å²) in [5, 5.41) is 18.8. The first-order valence-corrected chi connectivity index (χ1v) is 11.0. The van der Waals surface area contributed by atoms with Crippen LogP contribution < -0.4 is 4.74 Å². The van der Waals surface area contributed by atoms with Gasteiger partial charge in [0.1, 0.15) is 22.5 Å². The zero-order valence-electron chi connectivity index (χ0n) is 19.1. The Bertz CT molecular complexity index is 1650. The average Bonchev–Trinajstić information content (AvgIpc) is 3.53. The van der Waals surface area contributed by atoms with E-state index in [0.717, 1.165) is 11.1 Å². The molecule has 0 atom stereocenters. The Kier molecular flexibility index (Phi) is 6.07. The van der Waals surface area contributed by atoms with Gasteiger partial charge in [-0.3, -0.25) is 0 Å². The predicted octanol–water partition coefficient (Wildman–Crippen LogP) is 6.40. The second-order valence-electron chi connectivity index (χ2n) is 7.68. The van der Waals surface area contributed by atoms with Gasteiger partial charge in [-0.1, -0.05) is 42.5 Å². The first-order valence-electron chi connectivity index (χ1n) is 11.0. The summed E-state index contributed by atoms with van der Waals surface area (Å²) in [5.41, 5.74) is 3.70. The summed E-state index contributed by atoms with van der Waals surface area (Å²) in [6, 6.07) is 26.6. The van der Waals surface area contributed by atoms with Gasteiger partial charge in [-0.2, -0.15) is 0 Å². The number of fused-ring (bicyclic) bond motifs is 2. The Labute approximate surface area is 205 Å². The van der Waals surface area contributed by atoms with Crippen LogP contribution in [-0.2, 0) is 0 Å². The Balaban J connectivity index is 0.000000152. The minimum Gasteiger partial charge on any atom is -0.507 e. The van der Waals surface area contributed by atoms with E-state index in [9.17, 15) is 9.90 Å². The van der Waals surface area contributed by atoms with Gasteiger partial charge in [0.25, 0.3) is 0 Å². The molecular weight excluding hydrogens is 460 g/mol. The van der Waals surface area contributed by atoms with Crippen molar-refractivity contribution in [2.45, 2.75) is 0 Å². The summed E-state index contributed by atoms with van der Waals surface area (Å²) in [7, 11) is 1.56. The van der Waals surface area contributed by atoms with E-state index in [0.29, 0.717) is 39.8 Å². The summed E-state index contributed by atoms with van der Waals surface area (Å²) < 4.78 is 16.5. The van der Waals surface area contributed by atoms with Gasteiger partial charge in [-0.25, -0.2) is 14.8 Å². The number of oxazole rings is 2. The number of aromatic carboxylic acids is 1. The molecule has 0 aliphatic rings. The molecule has 0 unspecified atom stereocenters. The molecule has 6 aromatic rings. The van der Waals surface area contributed by atoms with Crippen LogP contribution >= 0.6 is 0 Å². The number of aromatic hydroxyl groups is 1. The first-order chi connectivity index (χ1) is 17.5. The molecule has 2 aromatic heterocycles. The molecule has 0 radical (unpaired) electrons. The maximum absolute atomic E-state index is 11.2. The lowest BCUT2D eigenvalue weighted by Crippen LogP contribution is -1.96. The Morgan fingerprint density at radius 1 is 0.750 bits per heavy atom. The SMILES string of the molecule is COc1ccccc1-c1nc2c(C(=O)O)cccc2o1.Oc1ccccc1-c1nc2ccccc2o1. The van der Waals surface area contributed by atoms with E-state index in [2.05, 4.69) is 9.97 Å². The van der Waals surface area contributed by atoms with Crippen LogP contribution in [0.5, 0.6) is 11.5 Å². The van der Waals surface area contributed by atoms with Gasteiger partial charge in [0.2, 0.25) is 11.8 Å². The molecule has 4 aromatic carbocycles. The second-order valence-corrected chi connectivity index (χ2v) is 7.68. The summed E-state index contributed by atoms with van der Waals surface area (Å²) in [4.78, 5) is 19.8. The molecule has 0 bridgehead atoms. The van der Waals surface area contributed by atoms with Crippen LogP contribution in [0, 0.1) is 0 Å². The van der Waals surface area contributed by atoms with Gasteiger partial charge in [0, 0.05) is 0 Å². The van der Waals surface area contributed by atoms with Crippen molar-refractivity contribution in [1.82, 2.24) is 9.97 Å². The quantitative estimate of drug-likeness (QED) is 0.297. The molecule has 8 heteroatoms. The van der Waals surface area contributed by atoms with E-state index in [1.807, 2.05) is 48.5 Å². The van der Waals surface area contributed by atoms with Crippen LogP contribution in [0.3, 0.4) is 0 Å². The minimum atomic E-state index is -1.03.